The average Bonchev–Trinajstić information content (AvgIpc) is 2.79. The molecule has 1 N–H and O–H groups in total. The van der Waals surface area contributed by atoms with Gasteiger partial charge in [-0.15, -0.1) is 11.8 Å². The van der Waals surface area contributed by atoms with E-state index in [-0.39, 0.29) is 6.04 Å². The van der Waals surface area contributed by atoms with E-state index < -0.39 is 6.10 Å². The minimum atomic E-state index is -0.649. The summed E-state index contributed by atoms with van der Waals surface area (Å²) in [4.78, 5) is 1.10. The molecule has 2 rings (SSSR count). The summed E-state index contributed by atoms with van der Waals surface area (Å²) in [5.41, 5.74) is 0.682. The van der Waals surface area contributed by atoms with Crippen molar-refractivity contribution < 1.29 is 5.11 Å². The van der Waals surface area contributed by atoms with Crippen molar-refractivity contribution in [2.24, 2.45) is 0 Å². The zero-order valence-electron chi connectivity index (χ0n) is 11.3. The highest BCUT2D eigenvalue weighted by Crippen LogP contribution is 2.33. The normalized spacial score (nSPS) is 12.9. The van der Waals surface area contributed by atoms with Crippen LogP contribution in [0, 0.1) is 0 Å². The van der Waals surface area contributed by atoms with E-state index in [0.717, 1.165) is 9.37 Å². The average molecular weight is 376 g/mol. The molecule has 2 aromatic rings. The minimum Gasteiger partial charge on any atom is -0.386 e. The number of aliphatic hydroxyl groups is 1. The van der Waals surface area contributed by atoms with Crippen molar-refractivity contribution in [1.29, 1.82) is 0 Å². The van der Waals surface area contributed by atoms with Gasteiger partial charge in [0.1, 0.15) is 6.10 Å². The summed E-state index contributed by atoms with van der Waals surface area (Å²) in [5, 5.41) is 15.1. The van der Waals surface area contributed by atoms with E-state index in [1.54, 1.807) is 22.6 Å². The van der Waals surface area contributed by atoms with Gasteiger partial charge in [0, 0.05) is 21.2 Å². The molecule has 0 radical (unpaired) electrons. The number of aliphatic hydroxyl groups excluding tert-OH is 1. The van der Waals surface area contributed by atoms with Crippen LogP contribution in [0.15, 0.2) is 39.8 Å². The Labute approximate surface area is 136 Å². The fourth-order valence-electron chi connectivity index (χ4n) is 1.88. The lowest BCUT2D eigenvalue weighted by Gasteiger charge is -2.16. The van der Waals surface area contributed by atoms with Crippen LogP contribution in [-0.2, 0) is 0 Å². The summed E-state index contributed by atoms with van der Waals surface area (Å²) in [6.07, 6.45) is 0.938. The minimum absolute atomic E-state index is 0.167. The Balaban J connectivity index is 2.11. The largest absolute Gasteiger partial charge is 0.386 e. The van der Waals surface area contributed by atoms with Gasteiger partial charge in [-0.25, -0.2) is 0 Å². The van der Waals surface area contributed by atoms with Crippen molar-refractivity contribution in [2.45, 2.75) is 30.9 Å². The number of benzene rings is 1. The van der Waals surface area contributed by atoms with Crippen molar-refractivity contribution in [3.05, 3.63) is 45.7 Å². The maximum absolute atomic E-state index is 10.4. The summed E-state index contributed by atoms with van der Waals surface area (Å²) < 4.78 is 2.80. The Morgan fingerprint density at radius 3 is 2.75 bits per heavy atom. The number of rotatable bonds is 5. The third kappa shape index (κ3) is 3.58. The maximum atomic E-state index is 10.4. The Hall–Kier alpha value is -0.490. The summed E-state index contributed by atoms with van der Waals surface area (Å²) in [6.45, 7) is 4.03. The first-order valence-corrected chi connectivity index (χ1v) is 8.44. The molecule has 1 heterocycles. The highest BCUT2D eigenvalue weighted by Gasteiger charge is 2.20. The summed E-state index contributed by atoms with van der Waals surface area (Å²) in [6, 6.07) is 8.11. The SMILES string of the molecule is CC(C)n1ncc(Cl)c1C(O)CSc1ccccc1Br. The molecule has 0 aliphatic carbocycles. The Morgan fingerprint density at radius 2 is 2.10 bits per heavy atom. The van der Waals surface area contributed by atoms with E-state index in [0.29, 0.717) is 16.5 Å². The zero-order chi connectivity index (χ0) is 14.7. The molecule has 1 atom stereocenters. The fourth-order valence-corrected chi connectivity index (χ4v) is 3.64. The number of hydrogen-bond donors (Lipinski definition) is 1. The van der Waals surface area contributed by atoms with Gasteiger partial charge in [-0.1, -0.05) is 23.7 Å². The van der Waals surface area contributed by atoms with Gasteiger partial charge >= 0.3 is 0 Å². The molecule has 3 nitrogen and oxygen atoms in total. The van der Waals surface area contributed by atoms with E-state index >= 15 is 0 Å². The van der Waals surface area contributed by atoms with Crippen molar-refractivity contribution in [3.8, 4) is 0 Å². The molecule has 1 unspecified atom stereocenters. The highest BCUT2D eigenvalue weighted by molar-refractivity contribution is 9.10. The molecule has 0 spiro atoms. The quantitative estimate of drug-likeness (QED) is 0.769. The number of aromatic nitrogens is 2. The maximum Gasteiger partial charge on any atom is 0.106 e. The number of halogens is 2. The van der Waals surface area contributed by atoms with Crippen LogP contribution in [0.4, 0.5) is 0 Å². The standard InChI is InChI=1S/C14H16BrClN2OS/c1-9(2)18-14(11(16)7-17-18)12(19)8-20-13-6-4-3-5-10(13)15/h3-7,9,12,19H,8H2,1-2H3. The van der Waals surface area contributed by atoms with E-state index in [9.17, 15) is 5.11 Å². The molecular weight excluding hydrogens is 360 g/mol. The molecular formula is C14H16BrClN2OS. The molecule has 6 heteroatoms. The fraction of sp³-hybridized carbons (Fsp3) is 0.357. The summed E-state index contributed by atoms with van der Waals surface area (Å²) >= 11 is 11.2. The zero-order valence-corrected chi connectivity index (χ0v) is 14.4. The molecule has 0 aliphatic rings. The number of hydrogen-bond acceptors (Lipinski definition) is 3. The highest BCUT2D eigenvalue weighted by atomic mass is 79.9. The second-order valence-corrected chi connectivity index (χ2v) is 7.00. The van der Waals surface area contributed by atoms with Gasteiger partial charge < -0.3 is 5.11 Å². The van der Waals surface area contributed by atoms with Crippen LogP contribution in [0.3, 0.4) is 0 Å². The van der Waals surface area contributed by atoms with Gasteiger partial charge in [-0.3, -0.25) is 4.68 Å². The van der Waals surface area contributed by atoms with Gasteiger partial charge in [-0.2, -0.15) is 5.10 Å². The van der Waals surface area contributed by atoms with Crippen LogP contribution in [0.25, 0.3) is 0 Å². The summed E-state index contributed by atoms with van der Waals surface area (Å²) in [5.74, 6) is 0.529. The first-order valence-electron chi connectivity index (χ1n) is 6.29. The van der Waals surface area contributed by atoms with E-state index in [2.05, 4.69) is 21.0 Å². The van der Waals surface area contributed by atoms with Gasteiger partial charge in [0.05, 0.1) is 16.9 Å². The van der Waals surface area contributed by atoms with Crippen molar-refractivity contribution in [1.82, 2.24) is 9.78 Å². The van der Waals surface area contributed by atoms with Crippen LogP contribution >= 0.6 is 39.3 Å². The van der Waals surface area contributed by atoms with E-state index in [1.807, 2.05) is 38.1 Å². The molecule has 0 saturated heterocycles. The smallest absolute Gasteiger partial charge is 0.106 e. The third-order valence-electron chi connectivity index (χ3n) is 2.83. The van der Waals surface area contributed by atoms with Crippen molar-refractivity contribution in [2.75, 3.05) is 5.75 Å². The molecule has 1 aromatic heterocycles. The number of nitrogens with zero attached hydrogens (tertiary/aromatic N) is 2. The van der Waals surface area contributed by atoms with Gasteiger partial charge in [-0.05, 0) is 41.9 Å². The molecule has 20 heavy (non-hydrogen) atoms. The van der Waals surface area contributed by atoms with Crippen LogP contribution in [-0.4, -0.2) is 20.6 Å². The van der Waals surface area contributed by atoms with Crippen LogP contribution in [0.5, 0.6) is 0 Å². The van der Waals surface area contributed by atoms with Crippen LogP contribution in [0.1, 0.15) is 31.7 Å². The molecule has 0 fully saturated rings. The Morgan fingerprint density at radius 1 is 1.40 bits per heavy atom. The lowest BCUT2D eigenvalue weighted by atomic mass is 10.2. The molecule has 108 valence electrons. The first kappa shape index (κ1) is 15.9. The lowest BCUT2D eigenvalue weighted by molar-refractivity contribution is 0.189. The Kier molecular flexibility index (Phi) is 5.55. The van der Waals surface area contributed by atoms with Crippen molar-refractivity contribution in [3.63, 3.8) is 0 Å². The van der Waals surface area contributed by atoms with E-state index in [1.165, 1.54) is 0 Å². The third-order valence-corrected chi connectivity index (χ3v) is 5.22. The van der Waals surface area contributed by atoms with Gasteiger partial charge in [0.2, 0.25) is 0 Å². The summed E-state index contributed by atoms with van der Waals surface area (Å²) in [7, 11) is 0. The Bertz CT molecular complexity index is 588. The van der Waals surface area contributed by atoms with Crippen molar-refractivity contribution >= 4 is 39.3 Å². The first-order chi connectivity index (χ1) is 9.50. The van der Waals surface area contributed by atoms with Crippen LogP contribution in [0.2, 0.25) is 5.02 Å². The lowest BCUT2D eigenvalue weighted by Crippen LogP contribution is -2.13. The molecule has 0 amide bonds. The predicted molar refractivity (Wildman–Crippen MR) is 87.4 cm³/mol. The molecule has 1 aromatic carbocycles. The van der Waals surface area contributed by atoms with Gasteiger partial charge in [0.15, 0.2) is 0 Å². The predicted octanol–water partition coefficient (Wildman–Crippen LogP) is 4.71. The monoisotopic (exact) mass is 374 g/mol. The van der Waals surface area contributed by atoms with Crippen LogP contribution < -0.4 is 0 Å². The number of thioether (sulfide) groups is 1. The van der Waals surface area contributed by atoms with E-state index in [4.69, 9.17) is 11.6 Å². The van der Waals surface area contributed by atoms with Gasteiger partial charge in [0.25, 0.3) is 0 Å². The topological polar surface area (TPSA) is 38.0 Å². The second-order valence-electron chi connectivity index (χ2n) is 4.67. The molecule has 0 aliphatic heterocycles. The molecule has 0 saturated carbocycles. The second kappa shape index (κ2) is 6.98. The molecule has 0 bridgehead atoms.